The van der Waals surface area contributed by atoms with Crippen LogP contribution in [0, 0.1) is 5.82 Å². The van der Waals surface area contributed by atoms with Crippen molar-refractivity contribution in [2.75, 3.05) is 26.7 Å². The largest absolute Gasteiger partial charge is 0.497 e. The maximum Gasteiger partial charge on any atom is 0.240 e. The Bertz CT molecular complexity index is 823. The van der Waals surface area contributed by atoms with Gasteiger partial charge in [-0.1, -0.05) is 12.1 Å². The second kappa shape index (κ2) is 8.16. The van der Waals surface area contributed by atoms with Gasteiger partial charge >= 0.3 is 0 Å². The lowest BCUT2D eigenvalue weighted by Crippen LogP contribution is -2.34. The number of hydrogen-bond donors (Lipinski definition) is 1. The highest BCUT2D eigenvalue weighted by molar-refractivity contribution is 7.89. The lowest BCUT2D eigenvalue weighted by atomic mass is 10.0. The van der Waals surface area contributed by atoms with Crippen LogP contribution in [0.2, 0.25) is 0 Å². The van der Waals surface area contributed by atoms with Gasteiger partial charge in [0.25, 0.3) is 0 Å². The number of hydrogen-bond acceptors (Lipinski definition) is 4. The Morgan fingerprint density at radius 3 is 2.50 bits per heavy atom. The van der Waals surface area contributed by atoms with Gasteiger partial charge in [-0.05, 0) is 61.3 Å². The van der Waals surface area contributed by atoms with E-state index in [0.29, 0.717) is 13.1 Å². The zero-order chi connectivity index (χ0) is 18.6. The van der Waals surface area contributed by atoms with Gasteiger partial charge in [0.05, 0.1) is 12.0 Å². The van der Waals surface area contributed by atoms with Gasteiger partial charge in [-0.25, -0.2) is 17.5 Å². The Hall–Kier alpha value is -1.96. The van der Waals surface area contributed by atoms with Crippen molar-refractivity contribution < 1.29 is 17.5 Å². The molecule has 5 nitrogen and oxygen atoms in total. The van der Waals surface area contributed by atoms with Gasteiger partial charge in [0, 0.05) is 19.1 Å². The molecule has 0 amide bonds. The Morgan fingerprint density at radius 2 is 1.85 bits per heavy atom. The summed E-state index contributed by atoms with van der Waals surface area (Å²) in [6, 6.07) is 13.1. The van der Waals surface area contributed by atoms with Crippen LogP contribution < -0.4 is 9.46 Å². The number of methoxy groups -OCH3 is 1. The predicted octanol–water partition coefficient (Wildman–Crippen LogP) is 2.95. The molecule has 1 unspecified atom stereocenters. The van der Waals surface area contributed by atoms with Crippen molar-refractivity contribution in [1.82, 2.24) is 9.62 Å². The van der Waals surface area contributed by atoms with E-state index in [9.17, 15) is 12.8 Å². The molecule has 1 atom stereocenters. The quantitative estimate of drug-likeness (QED) is 0.805. The van der Waals surface area contributed by atoms with Gasteiger partial charge in [-0.15, -0.1) is 0 Å². The second-order valence-corrected chi connectivity index (χ2v) is 8.09. The molecular weight excluding hydrogens is 355 g/mol. The van der Waals surface area contributed by atoms with E-state index in [0.717, 1.165) is 37.3 Å². The number of sulfonamides is 1. The third kappa shape index (κ3) is 4.41. The highest BCUT2D eigenvalue weighted by Crippen LogP contribution is 2.32. The summed E-state index contributed by atoms with van der Waals surface area (Å²) >= 11 is 0. The Balaban J connectivity index is 1.58. The molecule has 0 bridgehead atoms. The molecule has 0 aromatic heterocycles. The SMILES string of the molecule is COc1ccc(C2CCCN2CCNS(=O)(=O)c2ccc(F)cc2)cc1. The molecule has 3 rings (SSSR count). The van der Waals surface area contributed by atoms with Gasteiger partial charge in [0.2, 0.25) is 10.0 Å². The zero-order valence-corrected chi connectivity index (χ0v) is 15.5. The van der Waals surface area contributed by atoms with E-state index in [1.54, 1.807) is 7.11 Å². The molecule has 1 fully saturated rings. The summed E-state index contributed by atoms with van der Waals surface area (Å²) in [5, 5.41) is 0. The molecule has 0 radical (unpaired) electrons. The first kappa shape index (κ1) is 18.8. The van der Waals surface area contributed by atoms with Crippen LogP contribution in [0.3, 0.4) is 0 Å². The molecule has 0 saturated carbocycles. The van der Waals surface area contributed by atoms with Crippen LogP contribution in [0.25, 0.3) is 0 Å². The van der Waals surface area contributed by atoms with E-state index < -0.39 is 15.8 Å². The summed E-state index contributed by atoms with van der Waals surface area (Å²) < 4.78 is 45.3. The highest BCUT2D eigenvalue weighted by atomic mass is 32.2. The lowest BCUT2D eigenvalue weighted by molar-refractivity contribution is 0.261. The summed E-state index contributed by atoms with van der Waals surface area (Å²) in [5.41, 5.74) is 1.21. The summed E-state index contributed by atoms with van der Waals surface area (Å²) in [7, 11) is -1.98. The molecule has 0 spiro atoms. The topological polar surface area (TPSA) is 58.6 Å². The number of rotatable bonds is 7. The van der Waals surface area contributed by atoms with Crippen LogP contribution in [-0.2, 0) is 10.0 Å². The Kier molecular flexibility index (Phi) is 5.90. The first-order chi connectivity index (χ1) is 12.5. The van der Waals surface area contributed by atoms with Crippen LogP contribution >= 0.6 is 0 Å². The van der Waals surface area contributed by atoms with Crippen LogP contribution in [0.5, 0.6) is 5.75 Å². The maximum absolute atomic E-state index is 13.0. The molecular formula is C19H23FN2O3S. The third-order valence-corrected chi connectivity index (χ3v) is 6.16. The lowest BCUT2D eigenvalue weighted by Gasteiger charge is -2.25. The minimum absolute atomic E-state index is 0.0760. The number of ether oxygens (including phenoxy) is 1. The van der Waals surface area contributed by atoms with Gasteiger partial charge < -0.3 is 4.74 Å². The molecule has 1 aliphatic heterocycles. The third-order valence-electron chi connectivity index (χ3n) is 4.68. The predicted molar refractivity (Wildman–Crippen MR) is 98.1 cm³/mol. The molecule has 1 saturated heterocycles. The fourth-order valence-electron chi connectivity index (χ4n) is 3.32. The van der Waals surface area contributed by atoms with Crippen molar-refractivity contribution in [3.05, 3.63) is 59.9 Å². The van der Waals surface area contributed by atoms with E-state index in [4.69, 9.17) is 4.74 Å². The van der Waals surface area contributed by atoms with Crippen LogP contribution in [0.15, 0.2) is 53.4 Å². The first-order valence-electron chi connectivity index (χ1n) is 8.63. The minimum Gasteiger partial charge on any atom is -0.497 e. The van der Waals surface area contributed by atoms with Crippen molar-refractivity contribution in [2.24, 2.45) is 0 Å². The fraction of sp³-hybridized carbons (Fsp3) is 0.368. The van der Waals surface area contributed by atoms with E-state index in [1.807, 2.05) is 12.1 Å². The Morgan fingerprint density at radius 1 is 1.15 bits per heavy atom. The standard InChI is InChI=1S/C19H23FN2O3S/c1-25-17-8-4-15(5-9-17)19-3-2-13-22(19)14-12-21-26(23,24)18-10-6-16(20)7-11-18/h4-11,19,21H,2-3,12-14H2,1H3. The first-order valence-corrected chi connectivity index (χ1v) is 10.1. The van der Waals surface area contributed by atoms with Gasteiger partial charge in [0.15, 0.2) is 0 Å². The monoisotopic (exact) mass is 378 g/mol. The summed E-state index contributed by atoms with van der Waals surface area (Å²) in [6.45, 7) is 1.87. The van der Waals surface area contributed by atoms with Gasteiger partial charge in [0.1, 0.15) is 11.6 Å². The number of nitrogens with zero attached hydrogens (tertiary/aromatic N) is 1. The van der Waals surface area contributed by atoms with Crippen molar-refractivity contribution in [2.45, 2.75) is 23.8 Å². The molecule has 1 heterocycles. The van der Waals surface area contributed by atoms with E-state index >= 15 is 0 Å². The van der Waals surface area contributed by atoms with Crippen molar-refractivity contribution in [1.29, 1.82) is 0 Å². The van der Waals surface area contributed by atoms with E-state index in [2.05, 4.69) is 21.8 Å². The number of likely N-dealkylation sites (tertiary alicyclic amines) is 1. The molecule has 2 aromatic carbocycles. The normalized spacial score (nSPS) is 18.2. The van der Waals surface area contributed by atoms with Crippen LogP contribution in [-0.4, -0.2) is 40.1 Å². The second-order valence-electron chi connectivity index (χ2n) is 6.32. The fourth-order valence-corrected chi connectivity index (χ4v) is 4.34. The smallest absolute Gasteiger partial charge is 0.240 e. The minimum atomic E-state index is -3.62. The zero-order valence-electron chi connectivity index (χ0n) is 14.7. The highest BCUT2D eigenvalue weighted by Gasteiger charge is 2.26. The van der Waals surface area contributed by atoms with Crippen LogP contribution in [0.4, 0.5) is 4.39 Å². The average molecular weight is 378 g/mol. The molecule has 1 aliphatic rings. The molecule has 2 aromatic rings. The molecule has 26 heavy (non-hydrogen) atoms. The maximum atomic E-state index is 13.0. The molecule has 1 N–H and O–H groups in total. The van der Waals surface area contributed by atoms with Crippen molar-refractivity contribution in [3.8, 4) is 5.75 Å². The molecule has 140 valence electrons. The van der Waals surface area contributed by atoms with E-state index in [1.165, 1.54) is 17.7 Å². The van der Waals surface area contributed by atoms with Crippen molar-refractivity contribution in [3.63, 3.8) is 0 Å². The Labute approximate surface area is 153 Å². The number of halogens is 1. The van der Waals surface area contributed by atoms with Crippen molar-refractivity contribution >= 4 is 10.0 Å². The summed E-state index contributed by atoms with van der Waals surface area (Å²) in [6.07, 6.45) is 2.14. The van der Waals surface area contributed by atoms with Gasteiger partial charge in [-0.2, -0.15) is 0 Å². The molecule has 0 aliphatic carbocycles. The average Bonchev–Trinajstić information content (AvgIpc) is 3.10. The summed E-state index contributed by atoms with van der Waals surface area (Å²) in [5.74, 6) is 0.369. The molecule has 7 heteroatoms. The van der Waals surface area contributed by atoms with Crippen LogP contribution in [0.1, 0.15) is 24.4 Å². The summed E-state index contributed by atoms with van der Waals surface area (Å²) in [4.78, 5) is 2.36. The number of benzene rings is 2. The number of nitrogens with one attached hydrogen (secondary N) is 1. The van der Waals surface area contributed by atoms with Gasteiger partial charge in [-0.3, -0.25) is 4.90 Å². The van der Waals surface area contributed by atoms with E-state index in [-0.39, 0.29) is 10.9 Å².